The van der Waals surface area contributed by atoms with Gasteiger partial charge in [-0.25, -0.2) is 0 Å². The highest BCUT2D eigenvalue weighted by Gasteiger charge is 2.24. The van der Waals surface area contributed by atoms with Gasteiger partial charge in [-0.05, 0) is 24.8 Å². The summed E-state index contributed by atoms with van der Waals surface area (Å²) in [7, 11) is 0. The highest BCUT2D eigenvalue weighted by Crippen LogP contribution is 2.21. The van der Waals surface area contributed by atoms with E-state index in [1.54, 1.807) is 0 Å². The number of hydrogen-bond donors (Lipinski definition) is 1. The number of nitrogens with two attached hydrogens (primary N) is 1. The monoisotopic (exact) mass is 191 g/mol. The fourth-order valence-corrected chi connectivity index (χ4v) is 1.94. The molecule has 1 fully saturated rings. The summed E-state index contributed by atoms with van der Waals surface area (Å²) in [5, 5.41) is 0. The van der Waals surface area contributed by atoms with Crippen molar-refractivity contribution < 1.29 is 4.74 Å². The quantitative estimate of drug-likeness (QED) is 0.794. The summed E-state index contributed by atoms with van der Waals surface area (Å²) in [6.07, 6.45) is 3.71. The lowest BCUT2D eigenvalue weighted by Crippen LogP contribution is -2.31. The maximum absolute atomic E-state index is 5.92. The topological polar surface area (TPSA) is 35.2 Å². The van der Waals surface area contributed by atoms with Crippen molar-refractivity contribution in [3.05, 3.63) is 35.9 Å². The molecule has 1 aromatic carbocycles. The van der Waals surface area contributed by atoms with Crippen molar-refractivity contribution in [3.8, 4) is 0 Å². The molecule has 0 bridgehead atoms. The third-order valence-electron chi connectivity index (χ3n) is 2.81. The summed E-state index contributed by atoms with van der Waals surface area (Å²) in [4.78, 5) is 0. The van der Waals surface area contributed by atoms with E-state index in [9.17, 15) is 0 Å². The molecule has 1 unspecified atom stereocenters. The molecule has 1 aliphatic carbocycles. The normalized spacial score (nSPS) is 26.6. The van der Waals surface area contributed by atoms with E-state index < -0.39 is 0 Å². The Labute approximate surface area is 85.1 Å². The fraction of sp³-hybridized carbons (Fsp3) is 0.500. The minimum absolute atomic E-state index is 0.249. The van der Waals surface area contributed by atoms with Crippen molar-refractivity contribution in [3.63, 3.8) is 0 Å². The van der Waals surface area contributed by atoms with Crippen molar-refractivity contribution in [2.45, 2.75) is 38.0 Å². The van der Waals surface area contributed by atoms with Crippen LogP contribution < -0.4 is 5.73 Å². The zero-order valence-electron chi connectivity index (χ0n) is 8.36. The van der Waals surface area contributed by atoms with Crippen LogP contribution in [-0.2, 0) is 11.3 Å². The second kappa shape index (κ2) is 4.58. The SMILES string of the molecule is NC1CCC[C@@H]1OCc1ccccc1. The molecule has 2 N–H and O–H groups in total. The van der Waals surface area contributed by atoms with E-state index in [1.165, 1.54) is 12.0 Å². The van der Waals surface area contributed by atoms with Crippen LogP contribution in [-0.4, -0.2) is 12.1 Å². The van der Waals surface area contributed by atoms with E-state index in [2.05, 4.69) is 12.1 Å². The minimum Gasteiger partial charge on any atom is -0.372 e. The summed E-state index contributed by atoms with van der Waals surface area (Å²) in [6.45, 7) is 0.694. The van der Waals surface area contributed by atoms with Crippen LogP contribution in [0.2, 0.25) is 0 Å². The zero-order valence-corrected chi connectivity index (χ0v) is 8.36. The Bertz CT molecular complexity index is 273. The van der Waals surface area contributed by atoms with E-state index in [4.69, 9.17) is 10.5 Å². The molecule has 0 aliphatic heterocycles. The molecule has 2 rings (SSSR count). The Hall–Kier alpha value is -0.860. The van der Waals surface area contributed by atoms with Crippen molar-refractivity contribution in [2.24, 2.45) is 5.73 Å². The van der Waals surface area contributed by atoms with Gasteiger partial charge in [0.1, 0.15) is 0 Å². The van der Waals surface area contributed by atoms with Crippen molar-refractivity contribution >= 4 is 0 Å². The van der Waals surface area contributed by atoms with Gasteiger partial charge in [0.25, 0.3) is 0 Å². The van der Waals surface area contributed by atoms with Crippen LogP contribution in [0.15, 0.2) is 30.3 Å². The van der Waals surface area contributed by atoms with Gasteiger partial charge in [-0.2, -0.15) is 0 Å². The smallest absolute Gasteiger partial charge is 0.0730 e. The molecule has 76 valence electrons. The highest BCUT2D eigenvalue weighted by atomic mass is 16.5. The Balaban J connectivity index is 1.82. The Morgan fingerprint density at radius 1 is 1.21 bits per heavy atom. The first-order valence-electron chi connectivity index (χ1n) is 5.27. The van der Waals surface area contributed by atoms with E-state index in [1.807, 2.05) is 18.2 Å². The van der Waals surface area contributed by atoms with Crippen molar-refractivity contribution in [1.82, 2.24) is 0 Å². The predicted molar refractivity (Wildman–Crippen MR) is 56.8 cm³/mol. The molecule has 0 heterocycles. The second-order valence-corrected chi connectivity index (χ2v) is 3.93. The Morgan fingerprint density at radius 3 is 2.64 bits per heavy atom. The van der Waals surface area contributed by atoms with E-state index in [0.29, 0.717) is 6.61 Å². The van der Waals surface area contributed by atoms with Gasteiger partial charge in [-0.1, -0.05) is 30.3 Å². The first-order valence-corrected chi connectivity index (χ1v) is 5.27. The Morgan fingerprint density at radius 2 is 2.00 bits per heavy atom. The Kier molecular flexibility index (Phi) is 3.17. The molecular weight excluding hydrogens is 174 g/mol. The van der Waals surface area contributed by atoms with Gasteiger partial charge in [-0.15, -0.1) is 0 Å². The third kappa shape index (κ3) is 2.34. The van der Waals surface area contributed by atoms with Crippen molar-refractivity contribution in [1.29, 1.82) is 0 Å². The molecule has 1 aromatic rings. The third-order valence-corrected chi connectivity index (χ3v) is 2.81. The zero-order chi connectivity index (χ0) is 9.80. The number of benzene rings is 1. The molecule has 2 nitrogen and oxygen atoms in total. The molecule has 14 heavy (non-hydrogen) atoms. The van der Waals surface area contributed by atoms with Crippen LogP contribution in [0.3, 0.4) is 0 Å². The molecule has 1 aliphatic rings. The lowest BCUT2D eigenvalue weighted by atomic mass is 10.2. The van der Waals surface area contributed by atoms with Crippen LogP contribution in [0.25, 0.3) is 0 Å². The minimum atomic E-state index is 0.249. The molecule has 2 atom stereocenters. The van der Waals surface area contributed by atoms with Crippen LogP contribution >= 0.6 is 0 Å². The number of rotatable bonds is 3. The molecule has 0 aromatic heterocycles. The molecular formula is C12H17NO. The second-order valence-electron chi connectivity index (χ2n) is 3.93. The van der Waals surface area contributed by atoms with E-state index in [0.717, 1.165) is 12.8 Å². The summed E-state index contributed by atoms with van der Waals surface area (Å²) < 4.78 is 5.78. The van der Waals surface area contributed by atoms with E-state index in [-0.39, 0.29) is 12.1 Å². The van der Waals surface area contributed by atoms with Crippen LogP contribution in [0, 0.1) is 0 Å². The van der Waals surface area contributed by atoms with Gasteiger partial charge < -0.3 is 10.5 Å². The molecule has 0 saturated heterocycles. The molecule has 2 heteroatoms. The van der Waals surface area contributed by atoms with E-state index >= 15 is 0 Å². The number of ether oxygens (including phenoxy) is 1. The highest BCUT2D eigenvalue weighted by molar-refractivity contribution is 5.13. The van der Waals surface area contributed by atoms with Gasteiger partial charge in [0.2, 0.25) is 0 Å². The fourth-order valence-electron chi connectivity index (χ4n) is 1.94. The van der Waals surface area contributed by atoms with Gasteiger partial charge in [0.15, 0.2) is 0 Å². The van der Waals surface area contributed by atoms with Crippen LogP contribution in [0.1, 0.15) is 24.8 Å². The lowest BCUT2D eigenvalue weighted by Gasteiger charge is -2.16. The molecule has 0 spiro atoms. The molecule has 0 amide bonds. The summed E-state index contributed by atoms with van der Waals surface area (Å²) >= 11 is 0. The summed E-state index contributed by atoms with van der Waals surface area (Å²) in [5.74, 6) is 0. The van der Waals surface area contributed by atoms with Crippen molar-refractivity contribution in [2.75, 3.05) is 0 Å². The standard InChI is InChI=1S/C12H17NO/c13-11-7-4-8-12(11)14-9-10-5-2-1-3-6-10/h1-3,5-6,11-12H,4,7-9,13H2/t11?,12-/m0/s1. The van der Waals surface area contributed by atoms with Gasteiger partial charge in [0.05, 0.1) is 12.7 Å². The van der Waals surface area contributed by atoms with Crippen LogP contribution in [0.4, 0.5) is 0 Å². The largest absolute Gasteiger partial charge is 0.372 e. The maximum atomic E-state index is 5.92. The lowest BCUT2D eigenvalue weighted by molar-refractivity contribution is 0.0357. The first-order chi connectivity index (χ1) is 6.86. The van der Waals surface area contributed by atoms with Gasteiger partial charge >= 0.3 is 0 Å². The molecule has 0 radical (unpaired) electrons. The van der Waals surface area contributed by atoms with Crippen LogP contribution in [0.5, 0.6) is 0 Å². The first kappa shape index (κ1) is 9.69. The average Bonchev–Trinajstić information content (AvgIpc) is 2.63. The number of hydrogen-bond acceptors (Lipinski definition) is 2. The van der Waals surface area contributed by atoms with Gasteiger partial charge in [0, 0.05) is 6.04 Å². The van der Waals surface area contributed by atoms with Gasteiger partial charge in [-0.3, -0.25) is 0 Å². The predicted octanol–water partition coefficient (Wildman–Crippen LogP) is 2.08. The summed E-state index contributed by atoms with van der Waals surface area (Å²) in [6, 6.07) is 10.5. The maximum Gasteiger partial charge on any atom is 0.0730 e. The average molecular weight is 191 g/mol. The molecule has 1 saturated carbocycles. The summed E-state index contributed by atoms with van der Waals surface area (Å²) in [5.41, 5.74) is 7.15.